The smallest absolute Gasteiger partial charge is 0.224 e. The van der Waals surface area contributed by atoms with Gasteiger partial charge in [0.05, 0.1) is 11.5 Å². The van der Waals surface area contributed by atoms with Crippen LogP contribution in [0.4, 0.5) is 0 Å². The van der Waals surface area contributed by atoms with Crippen LogP contribution in [-0.2, 0) is 14.6 Å². The first-order valence-corrected chi connectivity index (χ1v) is 9.00. The van der Waals surface area contributed by atoms with Crippen molar-refractivity contribution in [3.63, 3.8) is 0 Å². The largest absolute Gasteiger partial charge is 0.343 e. The summed E-state index contributed by atoms with van der Waals surface area (Å²) in [5.41, 5.74) is 0. The van der Waals surface area contributed by atoms with E-state index in [0.717, 1.165) is 25.9 Å². The molecule has 2 heterocycles. The number of carbonyl (C=O) groups excluding carboxylic acids is 1. The van der Waals surface area contributed by atoms with Crippen LogP contribution in [-0.4, -0.2) is 56.4 Å². The van der Waals surface area contributed by atoms with Crippen molar-refractivity contribution in [3.05, 3.63) is 0 Å². The molecule has 110 valence electrons. The van der Waals surface area contributed by atoms with Gasteiger partial charge in [0.15, 0.2) is 9.84 Å². The fraction of sp³-hybridized carbons (Fsp3) is 0.923. The van der Waals surface area contributed by atoms with Crippen molar-refractivity contribution >= 4 is 15.7 Å². The molecule has 2 unspecified atom stereocenters. The Bertz CT molecular complexity index is 422. The van der Waals surface area contributed by atoms with Crippen LogP contribution in [0.3, 0.4) is 0 Å². The van der Waals surface area contributed by atoms with Gasteiger partial charge in [-0.3, -0.25) is 4.79 Å². The second-order valence-corrected chi connectivity index (χ2v) is 8.12. The molecule has 2 aliphatic rings. The molecule has 0 spiro atoms. The molecule has 0 aliphatic carbocycles. The van der Waals surface area contributed by atoms with Gasteiger partial charge in [-0.15, -0.1) is 0 Å². The number of sulfone groups is 1. The van der Waals surface area contributed by atoms with Crippen LogP contribution in [0.1, 0.15) is 32.6 Å². The summed E-state index contributed by atoms with van der Waals surface area (Å²) in [5.74, 6) is 1.08. The summed E-state index contributed by atoms with van der Waals surface area (Å²) >= 11 is 0. The van der Waals surface area contributed by atoms with Gasteiger partial charge in [-0.2, -0.15) is 0 Å². The molecule has 0 aromatic rings. The van der Waals surface area contributed by atoms with E-state index in [4.69, 9.17) is 0 Å². The van der Waals surface area contributed by atoms with Gasteiger partial charge in [-0.05, 0) is 25.2 Å². The van der Waals surface area contributed by atoms with E-state index in [1.807, 2.05) is 4.90 Å². The summed E-state index contributed by atoms with van der Waals surface area (Å²) in [6, 6.07) is -0.202. The standard InChI is InChI=1S/C13H24N2O3S/c1-11-3-2-6-15(7-4-11)13(16)9-12-10-19(17,18)8-5-14-12/h11-12,14H,2-10H2,1H3. The third-order valence-electron chi connectivity index (χ3n) is 4.09. The minimum atomic E-state index is -2.96. The van der Waals surface area contributed by atoms with Gasteiger partial charge in [-0.1, -0.05) is 6.92 Å². The average molecular weight is 288 g/mol. The highest BCUT2D eigenvalue weighted by atomic mass is 32.2. The molecule has 2 atom stereocenters. The molecule has 2 rings (SSSR count). The quantitative estimate of drug-likeness (QED) is 0.799. The Morgan fingerprint density at radius 1 is 1.32 bits per heavy atom. The Hall–Kier alpha value is -0.620. The summed E-state index contributed by atoms with van der Waals surface area (Å²) in [4.78, 5) is 14.1. The Balaban J connectivity index is 1.86. The lowest BCUT2D eigenvalue weighted by Crippen LogP contribution is -2.48. The lowest BCUT2D eigenvalue weighted by atomic mass is 10.0. The molecule has 5 nitrogen and oxygen atoms in total. The molecule has 2 fully saturated rings. The van der Waals surface area contributed by atoms with Crippen molar-refractivity contribution < 1.29 is 13.2 Å². The third-order valence-corrected chi connectivity index (χ3v) is 5.83. The Morgan fingerprint density at radius 3 is 2.84 bits per heavy atom. The molecule has 0 bridgehead atoms. The maximum Gasteiger partial charge on any atom is 0.224 e. The lowest BCUT2D eigenvalue weighted by Gasteiger charge is -2.27. The van der Waals surface area contributed by atoms with Gasteiger partial charge in [0, 0.05) is 32.1 Å². The zero-order valence-corrected chi connectivity index (χ0v) is 12.4. The molecule has 0 radical (unpaired) electrons. The maximum atomic E-state index is 12.2. The van der Waals surface area contributed by atoms with Crippen molar-refractivity contribution in [1.82, 2.24) is 10.2 Å². The Morgan fingerprint density at radius 2 is 2.11 bits per heavy atom. The van der Waals surface area contributed by atoms with E-state index in [9.17, 15) is 13.2 Å². The number of carbonyl (C=O) groups is 1. The fourth-order valence-electron chi connectivity index (χ4n) is 2.85. The van der Waals surface area contributed by atoms with E-state index in [0.29, 0.717) is 18.9 Å². The van der Waals surface area contributed by atoms with Crippen molar-refractivity contribution in [2.24, 2.45) is 5.92 Å². The van der Waals surface area contributed by atoms with Crippen molar-refractivity contribution in [1.29, 1.82) is 0 Å². The summed E-state index contributed by atoms with van der Waals surface area (Å²) in [5, 5.41) is 3.14. The van der Waals surface area contributed by atoms with Gasteiger partial charge in [0.25, 0.3) is 0 Å². The zero-order chi connectivity index (χ0) is 13.9. The highest BCUT2D eigenvalue weighted by Gasteiger charge is 2.28. The predicted molar refractivity (Wildman–Crippen MR) is 74.7 cm³/mol. The number of likely N-dealkylation sites (tertiary alicyclic amines) is 1. The molecule has 1 N–H and O–H groups in total. The summed E-state index contributed by atoms with van der Waals surface area (Å²) in [6.45, 7) is 4.34. The minimum Gasteiger partial charge on any atom is -0.343 e. The molecule has 19 heavy (non-hydrogen) atoms. The first-order valence-electron chi connectivity index (χ1n) is 7.18. The maximum absolute atomic E-state index is 12.2. The summed E-state index contributed by atoms with van der Waals surface area (Å²) < 4.78 is 23.1. The molecular weight excluding hydrogens is 264 g/mol. The monoisotopic (exact) mass is 288 g/mol. The molecule has 2 aliphatic heterocycles. The third kappa shape index (κ3) is 4.45. The van der Waals surface area contributed by atoms with E-state index < -0.39 is 9.84 Å². The van der Waals surface area contributed by atoms with E-state index >= 15 is 0 Å². The Kier molecular flexibility index (Phi) is 4.84. The fourth-order valence-corrected chi connectivity index (χ4v) is 4.29. The second-order valence-electron chi connectivity index (χ2n) is 5.89. The van der Waals surface area contributed by atoms with Crippen LogP contribution in [0.15, 0.2) is 0 Å². The van der Waals surface area contributed by atoms with E-state index in [1.54, 1.807) is 0 Å². The van der Waals surface area contributed by atoms with Crippen LogP contribution in [0, 0.1) is 5.92 Å². The van der Waals surface area contributed by atoms with Gasteiger partial charge in [0.1, 0.15) is 0 Å². The Labute approximate surface area is 115 Å². The zero-order valence-electron chi connectivity index (χ0n) is 11.6. The van der Waals surface area contributed by atoms with Gasteiger partial charge in [0.2, 0.25) is 5.91 Å². The van der Waals surface area contributed by atoms with Crippen LogP contribution in [0.5, 0.6) is 0 Å². The van der Waals surface area contributed by atoms with E-state index in [1.165, 1.54) is 6.42 Å². The molecule has 0 aromatic carbocycles. The van der Waals surface area contributed by atoms with E-state index in [-0.39, 0.29) is 23.5 Å². The molecular formula is C13H24N2O3S. The topological polar surface area (TPSA) is 66.5 Å². The first-order chi connectivity index (χ1) is 8.96. The highest BCUT2D eigenvalue weighted by Crippen LogP contribution is 2.17. The second kappa shape index (κ2) is 6.22. The normalized spacial score (nSPS) is 31.7. The minimum absolute atomic E-state index is 0.100. The van der Waals surface area contributed by atoms with Crippen LogP contribution in [0.2, 0.25) is 0 Å². The van der Waals surface area contributed by atoms with Crippen molar-refractivity contribution in [3.8, 4) is 0 Å². The van der Waals surface area contributed by atoms with Gasteiger partial charge < -0.3 is 10.2 Å². The van der Waals surface area contributed by atoms with Crippen LogP contribution in [0.25, 0.3) is 0 Å². The molecule has 2 saturated heterocycles. The predicted octanol–water partition coefficient (Wildman–Crippen LogP) is 0.412. The number of hydrogen-bond donors (Lipinski definition) is 1. The highest BCUT2D eigenvalue weighted by molar-refractivity contribution is 7.91. The number of hydrogen-bond acceptors (Lipinski definition) is 4. The number of amides is 1. The number of nitrogens with zero attached hydrogens (tertiary/aromatic N) is 1. The molecule has 6 heteroatoms. The van der Waals surface area contributed by atoms with Gasteiger partial charge in [-0.25, -0.2) is 8.42 Å². The van der Waals surface area contributed by atoms with Crippen molar-refractivity contribution in [2.75, 3.05) is 31.1 Å². The van der Waals surface area contributed by atoms with Crippen molar-refractivity contribution in [2.45, 2.75) is 38.6 Å². The summed E-state index contributed by atoms with van der Waals surface area (Å²) in [7, 11) is -2.96. The number of rotatable bonds is 2. The van der Waals surface area contributed by atoms with Crippen LogP contribution >= 0.6 is 0 Å². The first kappa shape index (κ1) is 14.8. The SMILES string of the molecule is CC1CCCN(C(=O)CC2CS(=O)(=O)CCN2)CC1. The average Bonchev–Trinajstić information content (AvgIpc) is 2.52. The molecule has 0 saturated carbocycles. The lowest BCUT2D eigenvalue weighted by molar-refractivity contribution is -0.131. The summed E-state index contributed by atoms with van der Waals surface area (Å²) in [6.07, 6.45) is 3.61. The number of nitrogens with one attached hydrogen (secondary N) is 1. The van der Waals surface area contributed by atoms with Gasteiger partial charge >= 0.3 is 0 Å². The molecule has 1 amide bonds. The van der Waals surface area contributed by atoms with Crippen LogP contribution < -0.4 is 5.32 Å². The van der Waals surface area contributed by atoms with E-state index in [2.05, 4.69) is 12.2 Å². The molecule has 0 aromatic heterocycles.